The second-order valence-corrected chi connectivity index (χ2v) is 7.14. The molecule has 3 aromatic rings. The predicted molar refractivity (Wildman–Crippen MR) is 114 cm³/mol. The molecule has 0 unspecified atom stereocenters. The Kier molecular flexibility index (Phi) is 5.53. The quantitative estimate of drug-likeness (QED) is 0.368. The van der Waals surface area contributed by atoms with Gasteiger partial charge in [-0.15, -0.1) is 0 Å². The lowest BCUT2D eigenvalue weighted by molar-refractivity contribution is 0.174. The summed E-state index contributed by atoms with van der Waals surface area (Å²) >= 11 is 5.30. The van der Waals surface area contributed by atoms with E-state index in [1.54, 1.807) is 12.5 Å². The van der Waals surface area contributed by atoms with E-state index in [1.807, 2.05) is 30.3 Å². The third-order valence-corrected chi connectivity index (χ3v) is 5.00. The van der Waals surface area contributed by atoms with Crippen LogP contribution in [0.1, 0.15) is 28.3 Å². The van der Waals surface area contributed by atoms with Gasteiger partial charge in [0.15, 0.2) is 16.6 Å². The monoisotopic (exact) mass is 410 g/mol. The molecule has 2 aromatic heterocycles. The minimum Gasteiger partial charge on any atom is -0.467 e. The Morgan fingerprint density at radius 3 is 2.90 bits per heavy atom. The number of thiocarbonyl (C=S) groups is 1. The van der Waals surface area contributed by atoms with E-state index in [4.69, 9.17) is 26.1 Å². The van der Waals surface area contributed by atoms with Gasteiger partial charge >= 0.3 is 0 Å². The Labute approximate surface area is 174 Å². The molecule has 7 nitrogen and oxygen atoms in total. The zero-order valence-electron chi connectivity index (χ0n) is 16.3. The molecule has 2 N–H and O–H groups in total. The molecule has 0 radical (unpaired) electrons. The van der Waals surface area contributed by atoms with Gasteiger partial charge < -0.3 is 23.8 Å². The fourth-order valence-corrected chi connectivity index (χ4v) is 3.32. The van der Waals surface area contributed by atoms with E-state index in [0.29, 0.717) is 18.2 Å². The second-order valence-electron chi connectivity index (χ2n) is 6.73. The normalized spacial score (nSPS) is 12.5. The number of hydrazone groups is 1. The van der Waals surface area contributed by atoms with Crippen molar-refractivity contribution in [2.24, 2.45) is 5.10 Å². The van der Waals surface area contributed by atoms with Crippen molar-refractivity contribution in [3.05, 3.63) is 70.9 Å². The van der Waals surface area contributed by atoms with Crippen molar-refractivity contribution in [1.82, 2.24) is 15.3 Å². The van der Waals surface area contributed by atoms with Crippen LogP contribution in [0.2, 0.25) is 0 Å². The highest BCUT2D eigenvalue weighted by atomic mass is 32.1. The zero-order chi connectivity index (χ0) is 20.2. The van der Waals surface area contributed by atoms with Gasteiger partial charge in [0, 0.05) is 23.5 Å². The van der Waals surface area contributed by atoms with Crippen molar-refractivity contribution < 1.29 is 13.9 Å². The van der Waals surface area contributed by atoms with Crippen LogP contribution in [0, 0.1) is 13.8 Å². The average Bonchev–Trinajstić information content (AvgIpc) is 3.44. The summed E-state index contributed by atoms with van der Waals surface area (Å²) in [5.74, 6) is 2.44. The number of rotatable bonds is 6. The van der Waals surface area contributed by atoms with Crippen LogP contribution in [0.4, 0.5) is 0 Å². The lowest BCUT2D eigenvalue weighted by Crippen LogP contribution is -2.31. The summed E-state index contributed by atoms with van der Waals surface area (Å²) in [7, 11) is 0. The molecule has 4 rings (SSSR count). The molecule has 0 bridgehead atoms. The molecule has 0 amide bonds. The van der Waals surface area contributed by atoms with Crippen LogP contribution < -0.4 is 20.2 Å². The summed E-state index contributed by atoms with van der Waals surface area (Å²) < 4.78 is 18.3. The van der Waals surface area contributed by atoms with Crippen LogP contribution in [0.5, 0.6) is 11.5 Å². The summed E-state index contributed by atoms with van der Waals surface area (Å²) in [6, 6.07) is 11.8. The number of hydrogen-bond donors (Lipinski definition) is 2. The van der Waals surface area contributed by atoms with Gasteiger partial charge in [0.05, 0.1) is 19.0 Å². The molecule has 0 aliphatic carbocycles. The number of aryl methyl sites for hydroxylation is 1. The number of nitrogens with zero attached hydrogens (tertiary/aromatic N) is 2. The SMILES string of the molecule is Cc1cc(/C=N\NC(=S)NCc2ccc3c(c2)OCO3)c(C)n1Cc1ccco1. The van der Waals surface area contributed by atoms with Crippen molar-refractivity contribution in [2.75, 3.05) is 6.79 Å². The maximum absolute atomic E-state index is 5.45. The first-order chi connectivity index (χ1) is 14.1. The average molecular weight is 410 g/mol. The lowest BCUT2D eigenvalue weighted by Gasteiger charge is -2.08. The molecule has 0 saturated heterocycles. The van der Waals surface area contributed by atoms with Crippen LogP contribution in [-0.4, -0.2) is 22.7 Å². The number of nitrogens with one attached hydrogen (secondary N) is 2. The van der Waals surface area contributed by atoms with E-state index in [9.17, 15) is 0 Å². The molecular weight excluding hydrogens is 388 g/mol. The van der Waals surface area contributed by atoms with Crippen molar-refractivity contribution >= 4 is 23.5 Å². The van der Waals surface area contributed by atoms with Gasteiger partial charge in [-0.25, -0.2) is 0 Å². The molecule has 29 heavy (non-hydrogen) atoms. The molecular formula is C21H22N4O3S. The molecule has 1 aliphatic rings. The van der Waals surface area contributed by atoms with E-state index in [0.717, 1.165) is 39.8 Å². The van der Waals surface area contributed by atoms with Crippen LogP contribution in [0.3, 0.4) is 0 Å². The summed E-state index contributed by atoms with van der Waals surface area (Å²) in [6.07, 6.45) is 3.46. The Bertz CT molecular complexity index is 1040. The summed E-state index contributed by atoms with van der Waals surface area (Å²) in [6.45, 7) is 5.66. The summed E-state index contributed by atoms with van der Waals surface area (Å²) in [5.41, 5.74) is 7.19. The highest BCUT2D eigenvalue weighted by Crippen LogP contribution is 2.32. The molecule has 1 aliphatic heterocycles. The number of ether oxygens (including phenoxy) is 2. The predicted octanol–water partition coefficient (Wildman–Crippen LogP) is 3.47. The molecule has 3 heterocycles. The Morgan fingerprint density at radius 2 is 2.07 bits per heavy atom. The van der Waals surface area contributed by atoms with Gasteiger partial charge in [-0.1, -0.05) is 6.07 Å². The van der Waals surface area contributed by atoms with Gasteiger partial charge in [-0.2, -0.15) is 5.10 Å². The van der Waals surface area contributed by atoms with Crippen LogP contribution >= 0.6 is 12.2 Å². The van der Waals surface area contributed by atoms with E-state index >= 15 is 0 Å². The van der Waals surface area contributed by atoms with Gasteiger partial charge in [0.1, 0.15) is 5.76 Å². The molecule has 1 aromatic carbocycles. The number of aromatic nitrogens is 1. The first-order valence-corrected chi connectivity index (χ1v) is 9.65. The van der Waals surface area contributed by atoms with Crippen LogP contribution in [0.15, 0.2) is 52.2 Å². The summed E-state index contributed by atoms with van der Waals surface area (Å²) in [5, 5.41) is 7.84. The van der Waals surface area contributed by atoms with Gasteiger partial charge in [-0.05, 0) is 62.0 Å². The second kappa shape index (κ2) is 8.40. The fraction of sp³-hybridized carbons (Fsp3) is 0.238. The maximum Gasteiger partial charge on any atom is 0.231 e. The highest BCUT2D eigenvalue weighted by Gasteiger charge is 2.13. The third kappa shape index (κ3) is 4.43. The first-order valence-electron chi connectivity index (χ1n) is 9.24. The summed E-state index contributed by atoms with van der Waals surface area (Å²) in [4.78, 5) is 0. The molecule has 0 atom stereocenters. The Morgan fingerprint density at radius 1 is 1.21 bits per heavy atom. The largest absolute Gasteiger partial charge is 0.467 e. The molecule has 0 saturated carbocycles. The number of hydrogen-bond acceptors (Lipinski definition) is 5. The first kappa shape index (κ1) is 19.1. The van der Waals surface area contributed by atoms with Gasteiger partial charge in [-0.3, -0.25) is 5.43 Å². The number of benzene rings is 1. The van der Waals surface area contributed by atoms with E-state index in [1.165, 1.54) is 0 Å². The Balaban J connectivity index is 1.31. The number of fused-ring (bicyclic) bond motifs is 1. The van der Waals surface area contributed by atoms with Gasteiger partial charge in [0.2, 0.25) is 6.79 Å². The van der Waals surface area contributed by atoms with E-state index in [-0.39, 0.29) is 6.79 Å². The maximum atomic E-state index is 5.45. The number of furan rings is 1. The standard InChI is InChI=1S/C21H22N4O3S/c1-14-8-17(15(2)25(14)12-18-4-3-7-26-18)11-23-24-21(29)22-10-16-5-6-19-20(9-16)28-13-27-19/h3-9,11H,10,12-13H2,1-2H3,(H2,22,24,29)/b23-11-. The Hall–Kier alpha value is -3.26. The smallest absolute Gasteiger partial charge is 0.231 e. The topological polar surface area (TPSA) is 73.0 Å². The minimum absolute atomic E-state index is 0.267. The molecule has 8 heteroatoms. The fourth-order valence-electron chi connectivity index (χ4n) is 3.19. The van der Waals surface area contributed by atoms with E-state index in [2.05, 4.69) is 40.3 Å². The van der Waals surface area contributed by atoms with Crippen molar-refractivity contribution in [2.45, 2.75) is 26.9 Å². The van der Waals surface area contributed by atoms with Crippen molar-refractivity contribution in [1.29, 1.82) is 0 Å². The highest BCUT2D eigenvalue weighted by molar-refractivity contribution is 7.80. The third-order valence-electron chi connectivity index (χ3n) is 4.77. The lowest BCUT2D eigenvalue weighted by atomic mass is 10.2. The molecule has 0 spiro atoms. The zero-order valence-corrected chi connectivity index (χ0v) is 17.1. The van der Waals surface area contributed by atoms with E-state index < -0.39 is 0 Å². The van der Waals surface area contributed by atoms with Crippen molar-refractivity contribution in [3.8, 4) is 11.5 Å². The van der Waals surface area contributed by atoms with Gasteiger partial charge in [0.25, 0.3) is 0 Å². The molecule has 150 valence electrons. The van der Waals surface area contributed by atoms with Crippen LogP contribution in [0.25, 0.3) is 0 Å². The van der Waals surface area contributed by atoms with Crippen molar-refractivity contribution in [3.63, 3.8) is 0 Å². The van der Waals surface area contributed by atoms with Crippen LogP contribution in [-0.2, 0) is 13.1 Å². The molecule has 0 fully saturated rings. The minimum atomic E-state index is 0.267.